The van der Waals surface area contributed by atoms with Gasteiger partial charge in [0.25, 0.3) is 0 Å². The Bertz CT molecular complexity index is 530. The average molecular weight is 336 g/mol. The van der Waals surface area contributed by atoms with Gasteiger partial charge in [-0.2, -0.15) is 0 Å². The second kappa shape index (κ2) is 7.15. The maximum Gasteiger partial charge on any atom is 0.315 e. The Labute approximate surface area is 142 Å². The molecule has 2 aliphatic rings. The van der Waals surface area contributed by atoms with E-state index in [0.717, 1.165) is 25.7 Å². The highest BCUT2D eigenvalue weighted by atomic mass is 16.5. The predicted octanol–water partition coefficient (Wildman–Crippen LogP) is 2.67. The quantitative estimate of drug-likeness (QED) is 0.789. The van der Waals surface area contributed by atoms with Crippen LogP contribution >= 0.6 is 0 Å². The summed E-state index contributed by atoms with van der Waals surface area (Å²) >= 11 is 0. The third-order valence-electron chi connectivity index (χ3n) is 5.24. The number of rotatable bonds is 4. The minimum absolute atomic E-state index is 0.0336. The summed E-state index contributed by atoms with van der Waals surface area (Å²) in [6, 6.07) is 3.30. The molecule has 3 rings (SSSR count). The van der Waals surface area contributed by atoms with Crippen LogP contribution in [0.3, 0.4) is 0 Å². The van der Waals surface area contributed by atoms with E-state index >= 15 is 0 Å². The summed E-state index contributed by atoms with van der Waals surface area (Å²) in [5.74, 6) is 0.440. The molecule has 2 fully saturated rings. The highest BCUT2D eigenvalue weighted by molar-refractivity contribution is 5.74. The molecule has 2 heterocycles. The first-order valence-corrected chi connectivity index (χ1v) is 8.94. The number of nitrogens with one attached hydrogen (secondary N) is 2. The van der Waals surface area contributed by atoms with Crippen molar-refractivity contribution in [3.05, 3.63) is 24.2 Å². The molecule has 1 saturated heterocycles. The van der Waals surface area contributed by atoms with E-state index in [1.54, 1.807) is 19.1 Å². The zero-order valence-corrected chi connectivity index (χ0v) is 14.3. The van der Waals surface area contributed by atoms with Gasteiger partial charge in [0.15, 0.2) is 0 Å². The Morgan fingerprint density at radius 1 is 1.42 bits per heavy atom. The molecule has 2 atom stereocenters. The number of amides is 2. The number of hydrogen-bond acceptors (Lipinski definition) is 4. The van der Waals surface area contributed by atoms with Crippen LogP contribution in [-0.2, 0) is 10.3 Å². The molecule has 6 nitrogen and oxygen atoms in total. The Morgan fingerprint density at radius 3 is 2.92 bits per heavy atom. The Kier molecular flexibility index (Phi) is 5.15. The summed E-state index contributed by atoms with van der Waals surface area (Å²) in [6.45, 7) is 2.42. The van der Waals surface area contributed by atoms with Crippen molar-refractivity contribution in [3.63, 3.8) is 0 Å². The molecule has 2 amide bonds. The van der Waals surface area contributed by atoms with E-state index in [1.807, 2.05) is 0 Å². The lowest BCUT2D eigenvalue weighted by molar-refractivity contribution is -0.107. The van der Waals surface area contributed by atoms with Crippen LogP contribution < -0.4 is 10.6 Å². The van der Waals surface area contributed by atoms with E-state index in [4.69, 9.17) is 9.15 Å². The van der Waals surface area contributed by atoms with Gasteiger partial charge >= 0.3 is 6.03 Å². The van der Waals surface area contributed by atoms with Gasteiger partial charge in [-0.25, -0.2) is 4.79 Å². The number of aliphatic hydroxyl groups is 1. The van der Waals surface area contributed by atoms with Crippen LogP contribution in [0.1, 0.15) is 57.6 Å². The summed E-state index contributed by atoms with van der Waals surface area (Å²) in [5.41, 5.74) is -1.25. The summed E-state index contributed by atoms with van der Waals surface area (Å²) in [5, 5.41) is 16.2. The monoisotopic (exact) mass is 336 g/mol. The van der Waals surface area contributed by atoms with Crippen molar-refractivity contribution in [2.75, 3.05) is 13.2 Å². The van der Waals surface area contributed by atoms with Crippen LogP contribution in [0, 0.1) is 0 Å². The van der Waals surface area contributed by atoms with Crippen molar-refractivity contribution in [1.82, 2.24) is 10.6 Å². The van der Waals surface area contributed by atoms with E-state index < -0.39 is 5.60 Å². The van der Waals surface area contributed by atoms with Crippen molar-refractivity contribution in [1.29, 1.82) is 0 Å². The Hall–Kier alpha value is -1.53. The maximum absolute atomic E-state index is 12.2. The van der Waals surface area contributed by atoms with E-state index in [-0.39, 0.29) is 24.2 Å². The molecule has 1 aliphatic carbocycles. The largest absolute Gasteiger partial charge is 0.466 e. The van der Waals surface area contributed by atoms with E-state index in [9.17, 15) is 9.90 Å². The molecule has 1 saturated carbocycles. The van der Waals surface area contributed by atoms with Crippen LogP contribution in [0.5, 0.6) is 0 Å². The lowest BCUT2D eigenvalue weighted by Gasteiger charge is -2.43. The van der Waals surface area contributed by atoms with E-state index in [1.165, 1.54) is 25.5 Å². The van der Waals surface area contributed by atoms with Crippen LogP contribution in [0.4, 0.5) is 4.79 Å². The first-order valence-electron chi connectivity index (χ1n) is 8.94. The Morgan fingerprint density at radius 2 is 2.21 bits per heavy atom. The second-order valence-corrected chi connectivity index (χ2v) is 7.36. The fraction of sp³-hybridized carbons (Fsp3) is 0.722. The van der Waals surface area contributed by atoms with Crippen LogP contribution in [0.15, 0.2) is 22.8 Å². The van der Waals surface area contributed by atoms with Gasteiger partial charge in [0, 0.05) is 12.6 Å². The van der Waals surface area contributed by atoms with Crippen molar-refractivity contribution < 1.29 is 19.1 Å². The average Bonchev–Trinajstić information content (AvgIpc) is 3.09. The van der Waals surface area contributed by atoms with Crippen molar-refractivity contribution >= 4 is 6.03 Å². The van der Waals surface area contributed by atoms with Crippen LogP contribution in [0.25, 0.3) is 0 Å². The normalized spacial score (nSPS) is 25.8. The summed E-state index contributed by atoms with van der Waals surface area (Å²) < 4.78 is 11.3. The molecule has 0 bridgehead atoms. The SMILES string of the molecule is CC(O)(CNC(=O)NC1CCOC2(CCCCC2)C1)c1ccco1. The molecule has 0 radical (unpaired) electrons. The molecule has 3 N–H and O–H groups in total. The molecule has 24 heavy (non-hydrogen) atoms. The molecular weight excluding hydrogens is 308 g/mol. The Balaban J connectivity index is 1.48. The van der Waals surface area contributed by atoms with Gasteiger partial charge in [-0.1, -0.05) is 19.3 Å². The maximum atomic E-state index is 12.2. The fourth-order valence-corrected chi connectivity index (χ4v) is 3.86. The zero-order valence-electron chi connectivity index (χ0n) is 14.3. The first kappa shape index (κ1) is 17.3. The van der Waals surface area contributed by atoms with Gasteiger partial charge in [0.1, 0.15) is 11.4 Å². The highest BCUT2D eigenvalue weighted by Gasteiger charge is 2.39. The summed E-state index contributed by atoms with van der Waals surface area (Å²) in [7, 11) is 0. The van der Waals surface area contributed by atoms with Gasteiger partial charge in [-0.15, -0.1) is 0 Å². The molecule has 1 aromatic rings. The lowest BCUT2D eigenvalue weighted by atomic mass is 9.78. The van der Waals surface area contributed by atoms with Crippen LogP contribution in [0.2, 0.25) is 0 Å². The first-order chi connectivity index (χ1) is 11.5. The number of hydrogen-bond donors (Lipinski definition) is 3. The second-order valence-electron chi connectivity index (χ2n) is 7.36. The summed E-state index contributed by atoms with van der Waals surface area (Å²) in [6.07, 6.45) is 9.13. The number of urea groups is 1. The summed E-state index contributed by atoms with van der Waals surface area (Å²) in [4.78, 5) is 12.2. The van der Waals surface area contributed by atoms with Gasteiger partial charge in [-0.3, -0.25) is 0 Å². The van der Waals surface area contributed by atoms with Crippen molar-refractivity contribution in [3.8, 4) is 0 Å². The van der Waals surface area contributed by atoms with Gasteiger partial charge in [0.2, 0.25) is 0 Å². The lowest BCUT2D eigenvalue weighted by Crippen LogP contribution is -2.52. The third kappa shape index (κ3) is 4.11. The number of carbonyl (C=O) groups is 1. The molecule has 1 spiro atoms. The third-order valence-corrected chi connectivity index (χ3v) is 5.24. The van der Waals surface area contributed by atoms with Gasteiger partial charge in [0.05, 0.1) is 18.4 Å². The van der Waals surface area contributed by atoms with Crippen molar-refractivity contribution in [2.24, 2.45) is 0 Å². The molecule has 0 aromatic carbocycles. The smallest absolute Gasteiger partial charge is 0.315 e. The number of carbonyl (C=O) groups excluding carboxylic acids is 1. The molecular formula is C18H28N2O4. The predicted molar refractivity (Wildman–Crippen MR) is 89.6 cm³/mol. The molecule has 6 heteroatoms. The van der Waals surface area contributed by atoms with E-state index in [2.05, 4.69) is 10.6 Å². The van der Waals surface area contributed by atoms with Crippen LogP contribution in [-0.4, -0.2) is 35.9 Å². The molecule has 1 aliphatic heterocycles. The number of furan rings is 1. The minimum atomic E-state index is -1.22. The van der Waals surface area contributed by atoms with Crippen molar-refractivity contribution in [2.45, 2.75) is 69.1 Å². The highest BCUT2D eigenvalue weighted by Crippen LogP contribution is 2.38. The topological polar surface area (TPSA) is 83.7 Å². The molecule has 134 valence electrons. The number of ether oxygens (including phenoxy) is 1. The standard InChI is InChI=1S/C18H28N2O4/c1-17(22,15-6-5-10-23-15)13-19-16(21)20-14-7-11-24-18(12-14)8-3-2-4-9-18/h5-6,10,14,22H,2-4,7-9,11-13H2,1H3,(H2,19,20,21). The van der Waals surface area contributed by atoms with Gasteiger partial charge < -0.3 is 24.9 Å². The minimum Gasteiger partial charge on any atom is -0.466 e. The molecule has 2 unspecified atom stereocenters. The zero-order chi connectivity index (χ0) is 17.0. The van der Waals surface area contributed by atoms with E-state index in [0.29, 0.717) is 12.4 Å². The van der Waals surface area contributed by atoms with Gasteiger partial charge in [-0.05, 0) is 44.7 Å². The fourth-order valence-electron chi connectivity index (χ4n) is 3.86. The molecule has 1 aromatic heterocycles.